The zero-order valence-electron chi connectivity index (χ0n) is 14.7. The van der Waals surface area contributed by atoms with Crippen LogP contribution in [0.2, 0.25) is 0 Å². The van der Waals surface area contributed by atoms with Gasteiger partial charge in [0.25, 0.3) is 5.91 Å². The predicted molar refractivity (Wildman–Crippen MR) is 97.1 cm³/mol. The fourth-order valence-electron chi connectivity index (χ4n) is 3.01. The Kier molecular flexibility index (Phi) is 5.02. The number of nitrogens with one attached hydrogen (secondary N) is 1. The third-order valence-corrected chi connectivity index (χ3v) is 4.38. The number of hydrogen-bond acceptors (Lipinski definition) is 4. The number of carbonyl (C=O) groups excluding carboxylic acids is 3. The van der Waals surface area contributed by atoms with Crippen molar-refractivity contribution in [2.45, 2.75) is 19.9 Å². The van der Waals surface area contributed by atoms with Crippen molar-refractivity contribution in [3.05, 3.63) is 64.7 Å². The van der Waals surface area contributed by atoms with E-state index in [1.807, 2.05) is 12.1 Å². The highest BCUT2D eigenvalue weighted by Gasteiger charge is 2.26. The van der Waals surface area contributed by atoms with E-state index in [-0.39, 0.29) is 17.8 Å². The Bertz CT molecular complexity index is 859. The van der Waals surface area contributed by atoms with Crippen molar-refractivity contribution < 1.29 is 19.1 Å². The minimum absolute atomic E-state index is 0.0827. The largest absolute Gasteiger partial charge is 0.465 e. The van der Waals surface area contributed by atoms with Crippen molar-refractivity contribution in [1.29, 1.82) is 0 Å². The first-order chi connectivity index (χ1) is 12.5. The van der Waals surface area contributed by atoms with Gasteiger partial charge in [-0.2, -0.15) is 0 Å². The fraction of sp³-hybridized carbons (Fsp3) is 0.250. The van der Waals surface area contributed by atoms with Crippen LogP contribution >= 0.6 is 0 Å². The smallest absolute Gasteiger partial charge is 0.337 e. The van der Waals surface area contributed by atoms with Crippen LogP contribution in [0.4, 0.5) is 5.69 Å². The Morgan fingerprint density at radius 3 is 2.42 bits per heavy atom. The van der Waals surface area contributed by atoms with Gasteiger partial charge in [0.1, 0.15) is 0 Å². The lowest BCUT2D eigenvalue weighted by Gasteiger charge is -2.18. The van der Waals surface area contributed by atoms with Gasteiger partial charge >= 0.3 is 5.97 Å². The Morgan fingerprint density at radius 1 is 1.08 bits per heavy atom. The molecule has 0 unspecified atom stereocenters. The van der Waals surface area contributed by atoms with E-state index in [1.54, 1.807) is 35.2 Å². The van der Waals surface area contributed by atoms with E-state index in [2.05, 4.69) is 5.32 Å². The molecule has 26 heavy (non-hydrogen) atoms. The molecule has 0 saturated carbocycles. The van der Waals surface area contributed by atoms with Crippen molar-refractivity contribution in [2.75, 3.05) is 18.6 Å². The summed E-state index contributed by atoms with van der Waals surface area (Å²) in [6, 6.07) is 12.4. The lowest BCUT2D eigenvalue weighted by molar-refractivity contribution is -0.119. The molecule has 3 rings (SSSR count). The van der Waals surface area contributed by atoms with Crippen molar-refractivity contribution >= 4 is 23.5 Å². The molecule has 0 aromatic heterocycles. The van der Waals surface area contributed by atoms with E-state index < -0.39 is 0 Å². The molecule has 0 saturated heterocycles. The standard InChI is InChI=1S/C20H20N2O4/c1-13(23)21-12-14-3-5-15(6-4-14)19(24)22-10-9-16-11-17(20(25)26-2)7-8-18(16)22/h3-8,11H,9-10,12H2,1-2H3,(H,21,23). The molecule has 1 N–H and O–H groups in total. The molecular formula is C20H20N2O4. The van der Waals surface area contributed by atoms with Gasteiger partial charge in [0, 0.05) is 31.3 Å². The maximum atomic E-state index is 12.8. The van der Waals surface area contributed by atoms with Gasteiger partial charge in [-0.15, -0.1) is 0 Å². The summed E-state index contributed by atoms with van der Waals surface area (Å²) in [5.74, 6) is -0.557. The molecule has 6 nitrogen and oxygen atoms in total. The molecule has 1 aliphatic heterocycles. The SMILES string of the molecule is COC(=O)c1ccc2c(c1)CCN2C(=O)c1ccc(CNC(C)=O)cc1. The van der Waals surface area contributed by atoms with E-state index in [4.69, 9.17) is 4.74 Å². The first kappa shape index (κ1) is 17.7. The van der Waals surface area contributed by atoms with E-state index in [9.17, 15) is 14.4 Å². The van der Waals surface area contributed by atoms with Crippen LogP contribution in [-0.2, 0) is 22.5 Å². The molecule has 2 amide bonds. The van der Waals surface area contributed by atoms with Gasteiger partial charge in [0.2, 0.25) is 5.91 Å². The normalized spacial score (nSPS) is 12.5. The number of esters is 1. The summed E-state index contributed by atoms with van der Waals surface area (Å²) in [5.41, 5.74) is 3.79. The highest BCUT2D eigenvalue weighted by atomic mass is 16.5. The highest BCUT2D eigenvalue weighted by Crippen LogP contribution is 2.30. The Labute approximate surface area is 151 Å². The van der Waals surface area contributed by atoms with E-state index >= 15 is 0 Å². The summed E-state index contributed by atoms with van der Waals surface area (Å²) in [7, 11) is 1.35. The predicted octanol–water partition coefficient (Wildman–Crippen LogP) is 2.31. The molecule has 0 fully saturated rings. The first-order valence-corrected chi connectivity index (χ1v) is 8.36. The van der Waals surface area contributed by atoms with Gasteiger partial charge in [-0.05, 0) is 47.9 Å². The van der Waals surface area contributed by atoms with Crippen molar-refractivity contribution in [3.8, 4) is 0 Å². The number of amides is 2. The number of ether oxygens (including phenoxy) is 1. The minimum atomic E-state index is -0.382. The van der Waals surface area contributed by atoms with Crippen molar-refractivity contribution in [2.24, 2.45) is 0 Å². The van der Waals surface area contributed by atoms with Gasteiger partial charge in [-0.3, -0.25) is 9.59 Å². The number of benzene rings is 2. The average Bonchev–Trinajstić information content (AvgIpc) is 3.08. The molecule has 0 radical (unpaired) electrons. The molecule has 1 heterocycles. The van der Waals surface area contributed by atoms with Crippen LogP contribution in [0.1, 0.15) is 38.8 Å². The van der Waals surface area contributed by atoms with Crippen LogP contribution in [0, 0.1) is 0 Å². The molecule has 2 aromatic carbocycles. The van der Waals surface area contributed by atoms with Crippen LogP contribution in [0.25, 0.3) is 0 Å². The van der Waals surface area contributed by atoms with Crippen LogP contribution in [0.5, 0.6) is 0 Å². The lowest BCUT2D eigenvalue weighted by Crippen LogP contribution is -2.28. The molecule has 2 aromatic rings. The van der Waals surface area contributed by atoms with Crippen molar-refractivity contribution in [3.63, 3.8) is 0 Å². The number of carbonyl (C=O) groups is 3. The maximum Gasteiger partial charge on any atom is 0.337 e. The Hall–Kier alpha value is -3.15. The molecule has 0 atom stereocenters. The second kappa shape index (κ2) is 7.39. The van der Waals surface area contributed by atoms with Gasteiger partial charge < -0.3 is 15.0 Å². The molecule has 0 spiro atoms. The minimum Gasteiger partial charge on any atom is -0.465 e. The summed E-state index contributed by atoms with van der Waals surface area (Å²) < 4.78 is 4.74. The van der Waals surface area contributed by atoms with Crippen LogP contribution in [0.3, 0.4) is 0 Å². The lowest BCUT2D eigenvalue weighted by atomic mass is 10.1. The second-order valence-electron chi connectivity index (χ2n) is 6.15. The van der Waals surface area contributed by atoms with Gasteiger partial charge in [-0.25, -0.2) is 4.79 Å². The Morgan fingerprint density at radius 2 is 1.77 bits per heavy atom. The number of anilines is 1. The summed E-state index contributed by atoms with van der Waals surface area (Å²) >= 11 is 0. The van der Waals surface area contributed by atoms with Gasteiger partial charge in [0.05, 0.1) is 12.7 Å². The molecule has 134 valence electrons. The third kappa shape index (κ3) is 3.59. The van der Waals surface area contributed by atoms with E-state index in [0.717, 1.165) is 16.8 Å². The monoisotopic (exact) mass is 352 g/mol. The molecule has 6 heteroatoms. The highest BCUT2D eigenvalue weighted by molar-refractivity contribution is 6.07. The molecule has 0 aliphatic carbocycles. The van der Waals surface area contributed by atoms with E-state index in [0.29, 0.717) is 30.6 Å². The molecule has 1 aliphatic rings. The number of nitrogens with zero attached hydrogens (tertiary/aromatic N) is 1. The summed E-state index contributed by atoms with van der Waals surface area (Å²) in [4.78, 5) is 37.2. The maximum absolute atomic E-state index is 12.8. The summed E-state index contributed by atoms with van der Waals surface area (Å²) in [5, 5.41) is 2.73. The quantitative estimate of drug-likeness (QED) is 0.857. The fourth-order valence-corrected chi connectivity index (χ4v) is 3.01. The molecular weight excluding hydrogens is 332 g/mol. The number of rotatable bonds is 4. The van der Waals surface area contributed by atoms with Crippen LogP contribution in [-0.4, -0.2) is 31.4 Å². The summed E-state index contributed by atoms with van der Waals surface area (Å²) in [6.07, 6.45) is 0.701. The van der Waals surface area contributed by atoms with Crippen LogP contribution < -0.4 is 10.2 Å². The van der Waals surface area contributed by atoms with Crippen LogP contribution in [0.15, 0.2) is 42.5 Å². The van der Waals surface area contributed by atoms with Gasteiger partial charge in [0.15, 0.2) is 0 Å². The van der Waals surface area contributed by atoms with E-state index in [1.165, 1.54) is 14.0 Å². The number of fused-ring (bicyclic) bond motifs is 1. The number of methoxy groups -OCH3 is 1. The number of hydrogen-bond donors (Lipinski definition) is 1. The molecule has 0 bridgehead atoms. The van der Waals surface area contributed by atoms with Crippen molar-refractivity contribution in [1.82, 2.24) is 5.32 Å². The summed E-state index contributed by atoms with van der Waals surface area (Å²) in [6.45, 7) is 2.48. The first-order valence-electron chi connectivity index (χ1n) is 8.36. The van der Waals surface area contributed by atoms with Gasteiger partial charge in [-0.1, -0.05) is 12.1 Å². The zero-order chi connectivity index (χ0) is 18.7. The third-order valence-electron chi connectivity index (χ3n) is 4.38. The topological polar surface area (TPSA) is 75.7 Å². The second-order valence-corrected chi connectivity index (χ2v) is 6.15. The Balaban J connectivity index is 1.76. The average molecular weight is 352 g/mol. The zero-order valence-corrected chi connectivity index (χ0v) is 14.7.